The van der Waals surface area contributed by atoms with Crippen LogP contribution in [0.4, 0.5) is 0 Å². The van der Waals surface area contributed by atoms with Gasteiger partial charge in [0.1, 0.15) is 6.10 Å². The fourth-order valence-electron chi connectivity index (χ4n) is 9.10. The number of carboxylic acids is 1. The molecule has 0 aliphatic heterocycles. The molecule has 1 N–H and O–H groups in total. The molecule has 2 aliphatic carbocycles. The van der Waals surface area contributed by atoms with Crippen LogP contribution in [-0.2, 0) is 14.3 Å². The molecule has 2 fully saturated rings. The molecule has 2 aliphatic rings. The van der Waals surface area contributed by atoms with E-state index in [1.165, 1.54) is 154 Å². The van der Waals surface area contributed by atoms with E-state index in [4.69, 9.17) is 9.47 Å². The average Bonchev–Trinajstić information content (AvgIpc) is 3.19. The van der Waals surface area contributed by atoms with Crippen LogP contribution in [0.15, 0.2) is 24.3 Å². The molecule has 316 valence electrons. The van der Waals surface area contributed by atoms with E-state index in [0.29, 0.717) is 30.1 Å². The number of rotatable bonds is 29. The molecule has 0 bridgehead atoms. The van der Waals surface area contributed by atoms with E-state index < -0.39 is 17.9 Å². The van der Waals surface area contributed by atoms with Gasteiger partial charge in [0.25, 0.3) is 0 Å². The van der Waals surface area contributed by atoms with Crippen molar-refractivity contribution in [3.63, 3.8) is 0 Å². The first kappa shape index (κ1) is 48.8. The summed E-state index contributed by atoms with van der Waals surface area (Å²) in [5, 5.41) is 9.59. The molecule has 2 atom stereocenters. The zero-order valence-corrected chi connectivity index (χ0v) is 36.0. The number of hydrogen-bond acceptors (Lipinski definition) is 5. The predicted octanol–water partition coefficient (Wildman–Crippen LogP) is 15.0. The van der Waals surface area contributed by atoms with Gasteiger partial charge in [-0.15, -0.1) is 0 Å². The van der Waals surface area contributed by atoms with Crippen molar-refractivity contribution in [2.75, 3.05) is 6.61 Å². The van der Waals surface area contributed by atoms with Crippen molar-refractivity contribution in [3.8, 4) is 0 Å². The van der Waals surface area contributed by atoms with Crippen molar-refractivity contribution >= 4 is 17.9 Å². The second-order valence-electron chi connectivity index (χ2n) is 17.1. The molecule has 0 spiro atoms. The Morgan fingerprint density at radius 3 is 1.65 bits per heavy atom. The molecule has 2 unspecified atom stereocenters. The molecule has 0 saturated heterocycles. The van der Waals surface area contributed by atoms with E-state index in [2.05, 4.69) is 20.8 Å². The highest BCUT2D eigenvalue weighted by Crippen LogP contribution is 2.50. The first-order chi connectivity index (χ1) is 26.9. The summed E-state index contributed by atoms with van der Waals surface area (Å²) in [6.07, 6.45) is 40.0. The summed E-state index contributed by atoms with van der Waals surface area (Å²) < 4.78 is 11.0. The minimum atomic E-state index is -0.564. The minimum Gasteiger partial charge on any atom is -0.481 e. The van der Waals surface area contributed by atoms with Crippen LogP contribution >= 0.6 is 0 Å². The lowest BCUT2D eigenvalue weighted by molar-refractivity contribution is -0.142. The molecular formula is C49H84O6. The average molecular weight is 769 g/mol. The van der Waals surface area contributed by atoms with Gasteiger partial charge in [0.05, 0.1) is 24.2 Å². The summed E-state index contributed by atoms with van der Waals surface area (Å²) in [5.74, 6) is -0.742. The lowest BCUT2D eigenvalue weighted by Gasteiger charge is -2.44. The normalized spacial score (nSPS) is 18.6. The number of hydrogen-bond donors (Lipinski definition) is 1. The lowest BCUT2D eigenvalue weighted by atomic mass is 9.60. The highest BCUT2D eigenvalue weighted by molar-refractivity contribution is 6.03. The van der Waals surface area contributed by atoms with Gasteiger partial charge in [0.2, 0.25) is 0 Å². The maximum atomic E-state index is 12.6. The summed E-state index contributed by atoms with van der Waals surface area (Å²) in [4.78, 5) is 36.7. The van der Waals surface area contributed by atoms with Crippen molar-refractivity contribution in [3.05, 3.63) is 35.4 Å². The van der Waals surface area contributed by atoms with Crippen LogP contribution in [0.2, 0.25) is 0 Å². The first-order valence-electron chi connectivity index (χ1n) is 23.6. The van der Waals surface area contributed by atoms with E-state index >= 15 is 0 Å². The van der Waals surface area contributed by atoms with E-state index in [1.54, 1.807) is 24.3 Å². The zero-order chi connectivity index (χ0) is 39.8. The molecule has 0 radical (unpaired) electrons. The van der Waals surface area contributed by atoms with Crippen LogP contribution in [0, 0.1) is 11.3 Å². The highest BCUT2D eigenvalue weighted by Gasteiger charge is 2.41. The second-order valence-corrected chi connectivity index (χ2v) is 17.1. The summed E-state index contributed by atoms with van der Waals surface area (Å²) in [6.45, 7) is 7.17. The second kappa shape index (κ2) is 31.7. The fourth-order valence-corrected chi connectivity index (χ4v) is 9.10. The summed E-state index contributed by atoms with van der Waals surface area (Å²) in [6, 6.07) is 6.82. The molecule has 0 aromatic heterocycles. The van der Waals surface area contributed by atoms with Gasteiger partial charge in [-0.2, -0.15) is 0 Å². The standard InChI is InChI=1S/C25H38O4.C24H46O2/c1-2-3-4-5-6-7-8-9-15-20-28-24(26)22-18-13-14-19-23(22)25(27)29-21-16-11-10-12-17-21;1-3-5-7-9-11-13-17-22-18-14-16-20-24(22,21-23(25)26)19-15-12-10-8-6-4-2/h13-14,18-19,21H,2-12,15-17,20H2,1H3;22H,3-21H2,1-2H3,(H,25,26). The number of carbonyl (C=O) groups is 3. The molecule has 2 saturated carbocycles. The maximum Gasteiger partial charge on any atom is 0.339 e. The molecule has 1 aromatic carbocycles. The van der Waals surface area contributed by atoms with Gasteiger partial charge in [-0.1, -0.05) is 181 Å². The zero-order valence-electron chi connectivity index (χ0n) is 36.0. The van der Waals surface area contributed by atoms with Gasteiger partial charge in [0, 0.05) is 0 Å². The number of aliphatic carboxylic acids is 1. The quantitative estimate of drug-likeness (QED) is 0.0645. The molecule has 0 amide bonds. The number of carbonyl (C=O) groups excluding carboxylic acids is 2. The topological polar surface area (TPSA) is 89.9 Å². The Bertz CT molecular complexity index is 1130. The van der Waals surface area contributed by atoms with Gasteiger partial charge in [-0.25, -0.2) is 9.59 Å². The van der Waals surface area contributed by atoms with Crippen LogP contribution in [0.1, 0.15) is 253 Å². The largest absolute Gasteiger partial charge is 0.481 e. The number of ether oxygens (including phenoxy) is 2. The Morgan fingerprint density at radius 2 is 1.09 bits per heavy atom. The summed E-state index contributed by atoms with van der Waals surface area (Å²) >= 11 is 0. The van der Waals surface area contributed by atoms with E-state index in [9.17, 15) is 19.5 Å². The van der Waals surface area contributed by atoms with Gasteiger partial charge < -0.3 is 14.6 Å². The van der Waals surface area contributed by atoms with Crippen molar-refractivity contribution < 1.29 is 29.0 Å². The van der Waals surface area contributed by atoms with Gasteiger partial charge in [-0.3, -0.25) is 4.79 Å². The van der Waals surface area contributed by atoms with Crippen LogP contribution < -0.4 is 0 Å². The maximum absolute atomic E-state index is 12.6. The Balaban J connectivity index is 0.000000383. The third-order valence-electron chi connectivity index (χ3n) is 12.5. The summed E-state index contributed by atoms with van der Waals surface area (Å²) in [5.41, 5.74) is 0.734. The Morgan fingerprint density at radius 1 is 0.600 bits per heavy atom. The van der Waals surface area contributed by atoms with Gasteiger partial charge in [0.15, 0.2) is 0 Å². The molecular weight excluding hydrogens is 685 g/mol. The monoisotopic (exact) mass is 769 g/mol. The fraction of sp³-hybridized carbons (Fsp3) is 0.816. The van der Waals surface area contributed by atoms with Crippen LogP contribution in [0.5, 0.6) is 0 Å². The van der Waals surface area contributed by atoms with Crippen LogP contribution in [0.25, 0.3) is 0 Å². The van der Waals surface area contributed by atoms with Gasteiger partial charge >= 0.3 is 17.9 Å². The van der Waals surface area contributed by atoms with E-state index in [1.807, 2.05) is 0 Å². The Hall–Kier alpha value is -2.37. The molecule has 55 heavy (non-hydrogen) atoms. The summed E-state index contributed by atoms with van der Waals surface area (Å²) in [7, 11) is 0. The Labute approximate surface area is 338 Å². The molecule has 3 rings (SSSR count). The van der Waals surface area contributed by atoms with E-state index in [-0.39, 0.29) is 11.5 Å². The van der Waals surface area contributed by atoms with Crippen molar-refractivity contribution in [1.82, 2.24) is 0 Å². The SMILES string of the molecule is CCCCCCCCC1CCCCC1(CCCCCCCC)CC(=O)O.CCCCCCCCCCCOC(=O)c1ccccc1C(=O)OC1CCCCC1. The van der Waals surface area contributed by atoms with Crippen LogP contribution in [0.3, 0.4) is 0 Å². The van der Waals surface area contributed by atoms with Crippen LogP contribution in [-0.4, -0.2) is 35.7 Å². The number of benzene rings is 1. The molecule has 1 aromatic rings. The van der Waals surface area contributed by atoms with Crippen molar-refractivity contribution in [2.45, 2.75) is 239 Å². The van der Waals surface area contributed by atoms with E-state index in [0.717, 1.165) is 51.4 Å². The highest BCUT2D eigenvalue weighted by atomic mass is 16.5. The van der Waals surface area contributed by atoms with Crippen molar-refractivity contribution in [1.29, 1.82) is 0 Å². The molecule has 6 heteroatoms. The minimum absolute atomic E-state index is 0.0256. The Kier molecular flexibility index (Phi) is 28.1. The number of esters is 2. The third kappa shape index (κ3) is 21.7. The molecule has 6 nitrogen and oxygen atoms in total. The predicted molar refractivity (Wildman–Crippen MR) is 229 cm³/mol. The number of unbranched alkanes of at least 4 members (excludes halogenated alkanes) is 18. The smallest absolute Gasteiger partial charge is 0.339 e. The lowest BCUT2D eigenvalue weighted by Crippen LogP contribution is -2.36. The van der Waals surface area contributed by atoms with Crippen molar-refractivity contribution in [2.24, 2.45) is 11.3 Å². The third-order valence-corrected chi connectivity index (χ3v) is 12.5. The first-order valence-corrected chi connectivity index (χ1v) is 23.6. The number of carboxylic acid groups (broad SMARTS) is 1. The molecule has 0 heterocycles. The van der Waals surface area contributed by atoms with Gasteiger partial charge in [-0.05, 0) is 81.3 Å².